The first-order valence-corrected chi connectivity index (χ1v) is 24.8. The Hall–Kier alpha value is -8.66. The quantitative estimate of drug-likeness (QED) is 0.0468. The average molecular weight is 1090 g/mol. The van der Waals surface area contributed by atoms with Crippen LogP contribution in [0.3, 0.4) is 0 Å². The van der Waals surface area contributed by atoms with Gasteiger partial charge in [0.2, 0.25) is 0 Å². The van der Waals surface area contributed by atoms with Crippen molar-refractivity contribution in [2.75, 3.05) is 10.6 Å². The molecule has 76 heavy (non-hydrogen) atoms. The third-order valence-corrected chi connectivity index (χ3v) is 13.1. The van der Waals surface area contributed by atoms with Gasteiger partial charge < -0.3 is 30.3 Å². The Balaban J connectivity index is 0.925. The first-order valence-electron chi connectivity index (χ1n) is 23.3. The molecule has 0 spiro atoms. The number of para-hydroxylation sites is 2. The van der Waals surface area contributed by atoms with Crippen molar-refractivity contribution in [2.24, 2.45) is 20.5 Å². The van der Waals surface area contributed by atoms with Crippen molar-refractivity contribution in [3.63, 3.8) is 0 Å². The van der Waals surface area contributed by atoms with E-state index in [1.807, 2.05) is 13.8 Å². The van der Waals surface area contributed by atoms with Crippen LogP contribution in [-0.2, 0) is 12.8 Å². The number of fused-ring (bicyclic) bond motifs is 2. The molecule has 0 aliphatic rings. The molecule has 0 saturated heterocycles. The molecule has 0 unspecified atom stereocenters. The lowest BCUT2D eigenvalue weighted by atomic mass is 10.0. The predicted molar refractivity (Wildman–Crippen MR) is 296 cm³/mol. The third-order valence-electron chi connectivity index (χ3n) is 11.9. The largest absolute Gasteiger partial charge is 0.505 e. The van der Waals surface area contributed by atoms with Gasteiger partial charge >= 0.3 is 11.9 Å². The van der Waals surface area contributed by atoms with E-state index in [-0.39, 0.29) is 76.6 Å². The zero-order valence-electron chi connectivity index (χ0n) is 40.1. The number of phenolic OH excluding ortho intramolecular Hbond substituents is 2. The summed E-state index contributed by atoms with van der Waals surface area (Å²) >= 11 is 25.0. The fraction of sp³-hybridized carbons (Fsp3) is 0.0690. The number of carbonyl (C=O) groups excluding carboxylic acids is 4. The Kier molecular flexibility index (Phi) is 15.7. The molecule has 0 atom stereocenters. The Labute approximate surface area is 454 Å². The fourth-order valence-corrected chi connectivity index (χ4v) is 8.95. The van der Waals surface area contributed by atoms with Crippen molar-refractivity contribution in [1.29, 1.82) is 0 Å². The number of nitrogens with zero attached hydrogens (tertiary/aromatic N) is 4. The minimum atomic E-state index is -0.724. The van der Waals surface area contributed by atoms with Crippen molar-refractivity contribution in [2.45, 2.75) is 26.7 Å². The molecule has 0 radical (unpaired) electrons. The molecular formula is C58H40Cl4N6O8. The minimum Gasteiger partial charge on any atom is -0.505 e. The Bertz CT molecular complexity index is 3580. The van der Waals surface area contributed by atoms with Gasteiger partial charge in [0.25, 0.3) is 11.8 Å². The number of ether oxygens (including phenoxy) is 2. The molecule has 0 fully saturated rings. The molecule has 0 saturated carbocycles. The zero-order valence-corrected chi connectivity index (χ0v) is 43.1. The maximum absolute atomic E-state index is 13.9. The molecule has 14 nitrogen and oxygen atoms in total. The summed E-state index contributed by atoms with van der Waals surface area (Å²) in [5.41, 5.74) is 2.81. The summed E-state index contributed by atoms with van der Waals surface area (Å²) in [6, 6.07) is 42.4. The number of carbonyl (C=O) groups is 4. The molecule has 0 aliphatic carbocycles. The zero-order chi connectivity index (χ0) is 53.6. The number of hydrogen-bond donors (Lipinski definition) is 4. The summed E-state index contributed by atoms with van der Waals surface area (Å²) in [6.07, 6.45) is 1.09. The molecule has 0 bridgehead atoms. The van der Waals surface area contributed by atoms with Crippen LogP contribution in [0.1, 0.15) is 66.4 Å². The van der Waals surface area contributed by atoms with Gasteiger partial charge in [-0.15, -0.1) is 10.2 Å². The predicted octanol–water partition coefficient (Wildman–Crippen LogP) is 16.9. The van der Waals surface area contributed by atoms with Gasteiger partial charge in [-0.2, -0.15) is 10.2 Å². The van der Waals surface area contributed by atoms with Crippen LogP contribution in [-0.4, -0.2) is 34.0 Å². The maximum atomic E-state index is 13.9. The summed E-state index contributed by atoms with van der Waals surface area (Å²) in [4.78, 5) is 54.4. The number of nitrogens with one attached hydrogen (secondary N) is 2. The second-order valence-corrected chi connectivity index (χ2v) is 18.6. The lowest BCUT2D eigenvalue weighted by Gasteiger charge is -2.13. The molecule has 0 aromatic heterocycles. The molecule has 9 aromatic carbocycles. The van der Waals surface area contributed by atoms with Crippen LogP contribution in [0, 0.1) is 0 Å². The van der Waals surface area contributed by atoms with Gasteiger partial charge in [-0.3, -0.25) is 9.59 Å². The summed E-state index contributed by atoms with van der Waals surface area (Å²) in [5, 5.41) is 49.2. The van der Waals surface area contributed by atoms with Crippen LogP contribution in [0.5, 0.6) is 23.0 Å². The number of benzene rings is 9. The Morgan fingerprint density at radius 2 is 0.829 bits per heavy atom. The number of phenols is 2. The SMILES string of the molecule is CCc1cc(N=Nc2c(O)c(C(=O)Nc3ccc(NC(=O)c4cc5ccccc5c(N=Nc5cc(CC)cc(C(=O)Oc6c(Cl)cccc6Cl)c5)c4O)cc3)cc3ccccc23)cc(C(=O)Oc2c(Cl)cccc2Cl)c1. The first-order chi connectivity index (χ1) is 36.7. The summed E-state index contributed by atoms with van der Waals surface area (Å²) in [7, 11) is 0. The molecule has 9 aromatic rings. The third kappa shape index (κ3) is 11.5. The van der Waals surface area contributed by atoms with E-state index in [9.17, 15) is 29.4 Å². The highest BCUT2D eigenvalue weighted by atomic mass is 35.5. The normalized spacial score (nSPS) is 11.3. The van der Waals surface area contributed by atoms with E-state index < -0.39 is 35.3 Å². The number of aryl methyl sites for hydroxylation is 2. The highest BCUT2D eigenvalue weighted by Gasteiger charge is 2.23. The number of azo groups is 2. The Morgan fingerprint density at radius 1 is 0.461 bits per heavy atom. The van der Waals surface area contributed by atoms with Crippen LogP contribution in [0.25, 0.3) is 21.5 Å². The number of rotatable bonds is 14. The van der Waals surface area contributed by atoms with Crippen molar-refractivity contribution in [3.05, 3.63) is 211 Å². The molecule has 378 valence electrons. The second-order valence-electron chi connectivity index (χ2n) is 16.9. The number of amides is 2. The molecule has 0 aliphatic heterocycles. The maximum Gasteiger partial charge on any atom is 0.343 e. The highest BCUT2D eigenvalue weighted by molar-refractivity contribution is 6.38. The van der Waals surface area contributed by atoms with E-state index in [4.69, 9.17) is 55.9 Å². The van der Waals surface area contributed by atoms with E-state index in [1.54, 1.807) is 133 Å². The van der Waals surface area contributed by atoms with E-state index in [2.05, 4.69) is 31.1 Å². The number of hydrogen-bond acceptors (Lipinski definition) is 12. The topological polar surface area (TPSA) is 201 Å². The van der Waals surface area contributed by atoms with E-state index >= 15 is 0 Å². The van der Waals surface area contributed by atoms with Gasteiger partial charge in [0.05, 0.1) is 53.7 Å². The van der Waals surface area contributed by atoms with Crippen LogP contribution in [0.4, 0.5) is 34.1 Å². The molecular weight excluding hydrogens is 1050 g/mol. The standard InChI is InChI=1S/C58H40Cl4N6O8/c1-3-31-23-35(57(73)75-53-45(59)15-9-16-46(53)60)27-39(25-31)65-67-49-41-13-7-5-11-33(41)29-43(51(49)69)55(71)63-37-19-21-38(22-20-37)64-56(72)44-30-34-12-6-8-14-42(34)50(52(44)70)68-66-40-26-32(4-2)24-36(28-40)58(74)76-54-47(61)17-10-18-48(54)62/h5-30,69-70H,3-4H2,1-2H3,(H,63,71)(H,64,72). The molecule has 9 rings (SSSR count). The van der Waals surface area contributed by atoms with Gasteiger partial charge in [-0.05, 0) is 132 Å². The highest BCUT2D eigenvalue weighted by Crippen LogP contribution is 2.42. The van der Waals surface area contributed by atoms with E-state index in [0.717, 1.165) is 11.1 Å². The summed E-state index contributed by atoms with van der Waals surface area (Å²) < 4.78 is 11.1. The Morgan fingerprint density at radius 3 is 1.20 bits per heavy atom. The molecule has 2 amide bonds. The lowest BCUT2D eigenvalue weighted by Crippen LogP contribution is -2.13. The molecule has 0 heterocycles. The van der Waals surface area contributed by atoms with Gasteiger partial charge in [0.1, 0.15) is 11.4 Å². The van der Waals surface area contributed by atoms with Crippen molar-refractivity contribution < 1.29 is 38.9 Å². The van der Waals surface area contributed by atoms with Crippen molar-refractivity contribution in [1.82, 2.24) is 0 Å². The van der Waals surface area contributed by atoms with Crippen LogP contribution >= 0.6 is 46.4 Å². The van der Waals surface area contributed by atoms with Crippen LogP contribution < -0.4 is 20.1 Å². The minimum absolute atomic E-state index is 0.00918. The van der Waals surface area contributed by atoms with E-state index in [0.29, 0.717) is 45.8 Å². The van der Waals surface area contributed by atoms with Gasteiger partial charge in [-0.1, -0.05) is 121 Å². The monoisotopic (exact) mass is 1090 g/mol. The first kappa shape index (κ1) is 52.2. The summed E-state index contributed by atoms with van der Waals surface area (Å²) in [5.74, 6) is -3.65. The van der Waals surface area contributed by atoms with Gasteiger partial charge in [-0.25, -0.2) is 9.59 Å². The average Bonchev–Trinajstić information content (AvgIpc) is 3.43. The molecule has 4 N–H and O–H groups in total. The smallest absolute Gasteiger partial charge is 0.343 e. The number of anilines is 2. The fourth-order valence-electron chi connectivity index (χ4n) is 8.00. The number of halogens is 4. The van der Waals surface area contributed by atoms with Gasteiger partial charge in [0.15, 0.2) is 23.0 Å². The molecule has 18 heteroatoms. The number of aromatic hydroxyl groups is 2. The van der Waals surface area contributed by atoms with Crippen molar-refractivity contribution in [3.8, 4) is 23.0 Å². The van der Waals surface area contributed by atoms with Crippen molar-refractivity contribution >= 4 is 126 Å². The van der Waals surface area contributed by atoms with Crippen LogP contribution in [0.15, 0.2) is 178 Å². The second kappa shape index (κ2) is 22.8. The van der Waals surface area contributed by atoms with Gasteiger partial charge in [0, 0.05) is 22.1 Å². The lowest BCUT2D eigenvalue weighted by molar-refractivity contribution is 0.0725. The van der Waals surface area contributed by atoms with Crippen LogP contribution in [0.2, 0.25) is 20.1 Å². The summed E-state index contributed by atoms with van der Waals surface area (Å²) in [6.45, 7) is 3.81. The van der Waals surface area contributed by atoms with E-state index in [1.165, 1.54) is 24.3 Å². The number of esters is 2.